The number of hydrogen-bond acceptors (Lipinski definition) is 9. The predicted molar refractivity (Wildman–Crippen MR) is 121 cm³/mol. The summed E-state index contributed by atoms with van der Waals surface area (Å²) in [5.74, 6) is 0.536. The summed E-state index contributed by atoms with van der Waals surface area (Å²) in [5.41, 5.74) is 0.459. The van der Waals surface area contributed by atoms with Crippen LogP contribution in [0.2, 0.25) is 0 Å². The second-order valence-electron chi connectivity index (χ2n) is 7.85. The standard InChI is InChI=1S/C23H24FN3O6S/c24-17-3-1-16(2-4-17)21-26-23(22(33-21)25-7-8-27-9-11-30-12-10-27)34(28,29)18-5-6-19-20(15-18)32-14-13-31-19/h1-6,15,25H,7-14H2. The lowest BCUT2D eigenvalue weighted by Crippen LogP contribution is -2.39. The number of halogens is 1. The number of ether oxygens (including phenoxy) is 3. The number of nitrogens with zero attached hydrogens (tertiary/aromatic N) is 2. The molecule has 0 unspecified atom stereocenters. The summed E-state index contributed by atoms with van der Waals surface area (Å²) in [6, 6.07) is 9.94. The lowest BCUT2D eigenvalue weighted by molar-refractivity contribution is 0.0398. The van der Waals surface area contributed by atoms with E-state index in [0.717, 1.165) is 13.1 Å². The highest BCUT2D eigenvalue weighted by molar-refractivity contribution is 7.91. The van der Waals surface area contributed by atoms with Crippen molar-refractivity contribution in [1.82, 2.24) is 9.88 Å². The fourth-order valence-electron chi connectivity index (χ4n) is 3.77. The molecule has 1 aromatic heterocycles. The summed E-state index contributed by atoms with van der Waals surface area (Å²) < 4.78 is 62.7. The number of fused-ring (bicyclic) bond motifs is 1. The van der Waals surface area contributed by atoms with E-state index in [1.807, 2.05) is 0 Å². The molecule has 0 atom stereocenters. The van der Waals surface area contributed by atoms with Crippen molar-refractivity contribution in [2.75, 3.05) is 57.9 Å². The number of rotatable bonds is 7. The maximum atomic E-state index is 13.6. The van der Waals surface area contributed by atoms with Gasteiger partial charge in [-0.2, -0.15) is 4.98 Å². The van der Waals surface area contributed by atoms with Gasteiger partial charge in [-0.3, -0.25) is 4.90 Å². The van der Waals surface area contributed by atoms with Crippen LogP contribution in [0.5, 0.6) is 11.5 Å². The highest BCUT2D eigenvalue weighted by atomic mass is 32.2. The van der Waals surface area contributed by atoms with Gasteiger partial charge >= 0.3 is 0 Å². The summed E-state index contributed by atoms with van der Waals surface area (Å²) in [5, 5.41) is 2.83. The summed E-state index contributed by atoms with van der Waals surface area (Å²) in [4.78, 5) is 6.51. The molecule has 0 amide bonds. The minimum Gasteiger partial charge on any atom is -0.486 e. The monoisotopic (exact) mass is 489 g/mol. The van der Waals surface area contributed by atoms with Gasteiger partial charge in [0.2, 0.25) is 26.6 Å². The molecule has 1 saturated heterocycles. The van der Waals surface area contributed by atoms with Crippen molar-refractivity contribution in [1.29, 1.82) is 0 Å². The molecule has 11 heteroatoms. The van der Waals surface area contributed by atoms with Gasteiger partial charge in [0.25, 0.3) is 0 Å². The van der Waals surface area contributed by atoms with Gasteiger partial charge in [-0.25, -0.2) is 12.8 Å². The van der Waals surface area contributed by atoms with Crippen LogP contribution in [0.3, 0.4) is 0 Å². The molecule has 0 bridgehead atoms. The molecule has 0 radical (unpaired) electrons. The molecule has 0 aliphatic carbocycles. The Morgan fingerprint density at radius 3 is 2.47 bits per heavy atom. The Morgan fingerprint density at radius 1 is 0.971 bits per heavy atom. The fourth-order valence-corrected chi connectivity index (χ4v) is 5.06. The SMILES string of the molecule is O=S(=O)(c1ccc2c(c1)OCCO2)c1nc(-c2ccc(F)cc2)oc1NCCN1CCOCC1. The highest BCUT2D eigenvalue weighted by Crippen LogP contribution is 2.37. The van der Waals surface area contributed by atoms with Crippen molar-refractivity contribution in [2.45, 2.75) is 9.92 Å². The maximum absolute atomic E-state index is 13.6. The quantitative estimate of drug-likeness (QED) is 0.537. The minimum atomic E-state index is -4.06. The summed E-state index contributed by atoms with van der Waals surface area (Å²) in [7, 11) is -4.06. The van der Waals surface area contributed by atoms with Gasteiger partial charge in [-0.1, -0.05) is 0 Å². The van der Waals surface area contributed by atoms with Crippen molar-refractivity contribution >= 4 is 15.7 Å². The first kappa shape index (κ1) is 22.6. The van der Waals surface area contributed by atoms with Crippen molar-refractivity contribution in [3.63, 3.8) is 0 Å². The third-order valence-corrected chi connectivity index (χ3v) is 7.24. The first-order valence-electron chi connectivity index (χ1n) is 11.0. The molecule has 9 nitrogen and oxygen atoms in total. The highest BCUT2D eigenvalue weighted by Gasteiger charge is 2.30. The number of benzene rings is 2. The van der Waals surface area contributed by atoms with Gasteiger partial charge in [0.05, 0.1) is 18.1 Å². The van der Waals surface area contributed by atoms with Gasteiger partial charge < -0.3 is 23.9 Å². The van der Waals surface area contributed by atoms with Crippen LogP contribution in [-0.2, 0) is 14.6 Å². The largest absolute Gasteiger partial charge is 0.486 e. The van der Waals surface area contributed by atoms with E-state index < -0.39 is 15.7 Å². The Hall–Kier alpha value is -3.15. The summed E-state index contributed by atoms with van der Waals surface area (Å²) >= 11 is 0. The number of anilines is 1. The van der Waals surface area contributed by atoms with Crippen molar-refractivity contribution in [2.24, 2.45) is 0 Å². The third-order valence-electron chi connectivity index (χ3n) is 5.58. The van der Waals surface area contributed by atoms with Gasteiger partial charge in [0.15, 0.2) is 11.5 Å². The van der Waals surface area contributed by atoms with Crippen molar-refractivity contribution in [3.8, 4) is 23.0 Å². The first-order chi connectivity index (χ1) is 16.5. The zero-order chi connectivity index (χ0) is 23.5. The van der Waals surface area contributed by atoms with Gasteiger partial charge in [-0.15, -0.1) is 0 Å². The van der Waals surface area contributed by atoms with E-state index in [9.17, 15) is 12.8 Å². The Bertz CT molecular complexity index is 1260. The Kier molecular flexibility index (Phi) is 6.40. The van der Waals surface area contributed by atoms with Crippen LogP contribution in [0.25, 0.3) is 11.5 Å². The number of morpholine rings is 1. The zero-order valence-electron chi connectivity index (χ0n) is 18.3. The Balaban J connectivity index is 1.46. The molecule has 34 heavy (non-hydrogen) atoms. The minimum absolute atomic E-state index is 0.00642. The van der Waals surface area contributed by atoms with Crippen LogP contribution in [0.15, 0.2) is 56.8 Å². The molecule has 180 valence electrons. The molecule has 0 spiro atoms. The number of aromatic nitrogens is 1. The Morgan fingerprint density at radius 2 is 1.71 bits per heavy atom. The van der Waals surface area contributed by atoms with E-state index in [-0.39, 0.29) is 21.7 Å². The zero-order valence-corrected chi connectivity index (χ0v) is 19.1. The number of hydrogen-bond donors (Lipinski definition) is 1. The lowest BCUT2D eigenvalue weighted by atomic mass is 10.2. The van der Waals surface area contributed by atoms with Crippen LogP contribution in [0, 0.1) is 5.82 Å². The average Bonchev–Trinajstić information content (AvgIpc) is 3.30. The van der Waals surface area contributed by atoms with Crippen LogP contribution < -0.4 is 14.8 Å². The average molecular weight is 490 g/mol. The molecular weight excluding hydrogens is 465 g/mol. The summed E-state index contributed by atoms with van der Waals surface area (Å²) in [6.07, 6.45) is 0. The van der Waals surface area contributed by atoms with Crippen LogP contribution in [0.4, 0.5) is 10.3 Å². The van der Waals surface area contributed by atoms with Gasteiger partial charge in [0.1, 0.15) is 19.0 Å². The number of oxazole rings is 1. The van der Waals surface area contributed by atoms with E-state index in [2.05, 4.69) is 15.2 Å². The van der Waals surface area contributed by atoms with E-state index in [4.69, 9.17) is 18.6 Å². The first-order valence-corrected chi connectivity index (χ1v) is 12.4. The van der Waals surface area contributed by atoms with E-state index in [0.29, 0.717) is 56.6 Å². The molecule has 3 heterocycles. The molecule has 2 aromatic carbocycles. The lowest BCUT2D eigenvalue weighted by Gasteiger charge is -2.26. The summed E-state index contributed by atoms with van der Waals surface area (Å²) in [6.45, 7) is 4.81. The van der Waals surface area contributed by atoms with E-state index in [1.54, 1.807) is 6.07 Å². The molecule has 2 aliphatic rings. The van der Waals surface area contributed by atoms with E-state index in [1.165, 1.54) is 36.4 Å². The molecule has 5 rings (SSSR count). The topological polar surface area (TPSA) is 103 Å². The van der Waals surface area contributed by atoms with Gasteiger partial charge in [0, 0.05) is 37.8 Å². The second kappa shape index (κ2) is 9.61. The van der Waals surface area contributed by atoms with Crippen molar-refractivity contribution < 1.29 is 31.4 Å². The van der Waals surface area contributed by atoms with Crippen LogP contribution in [-0.4, -0.2) is 70.9 Å². The van der Waals surface area contributed by atoms with Crippen molar-refractivity contribution in [3.05, 3.63) is 48.3 Å². The number of nitrogens with one attached hydrogen (secondary N) is 1. The molecule has 2 aliphatic heterocycles. The molecular formula is C23H24FN3O6S. The second-order valence-corrected chi connectivity index (χ2v) is 9.71. The normalized spacial score (nSPS) is 16.4. The molecule has 3 aromatic rings. The Labute approximate surface area is 196 Å². The molecule has 1 N–H and O–H groups in total. The predicted octanol–water partition coefficient (Wildman–Crippen LogP) is 2.83. The van der Waals surface area contributed by atoms with Crippen LogP contribution >= 0.6 is 0 Å². The number of sulfone groups is 1. The smallest absolute Gasteiger partial charge is 0.233 e. The molecule has 0 saturated carbocycles. The van der Waals surface area contributed by atoms with Gasteiger partial charge in [-0.05, 0) is 36.4 Å². The maximum Gasteiger partial charge on any atom is 0.233 e. The van der Waals surface area contributed by atoms with Crippen LogP contribution in [0.1, 0.15) is 0 Å². The molecule has 1 fully saturated rings. The third kappa shape index (κ3) is 4.72. The fraction of sp³-hybridized carbons (Fsp3) is 0.348. The van der Waals surface area contributed by atoms with E-state index >= 15 is 0 Å².